The zero-order valence-electron chi connectivity index (χ0n) is 27.3. The predicted molar refractivity (Wildman–Crippen MR) is 212 cm³/mol. The van der Waals surface area contributed by atoms with Crippen LogP contribution in [0.3, 0.4) is 0 Å². The highest BCUT2D eigenvalue weighted by Gasteiger charge is 2.17. The molecule has 1 aromatic heterocycles. The van der Waals surface area contributed by atoms with Gasteiger partial charge in [0.1, 0.15) is 11.2 Å². The largest absolute Gasteiger partial charge is 0.455 e. The summed E-state index contributed by atoms with van der Waals surface area (Å²) in [6.45, 7) is 0. The van der Waals surface area contributed by atoms with Gasteiger partial charge in [0.2, 0.25) is 0 Å². The van der Waals surface area contributed by atoms with Gasteiger partial charge in [-0.15, -0.1) is 0 Å². The second kappa shape index (κ2) is 11.5. The second-order valence-electron chi connectivity index (χ2n) is 12.9. The molecular formula is C48H31NO. The van der Waals surface area contributed by atoms with Gasteiger partial charge in [-0.3, -0.25) is 0 Å². The van der Waals surface area contributed by atoms with E-state index in [1.54, 1.807) is 0 Å². The van der Waals surface area contributed by atoms with Crippen molar-refractivity contribution in [3.63, 3.8) is 0 Å². The molecule has 1 heterocycles. The molecule has 0 aliphatic heterocycles. The van der Waals surface area contributed by atoms with E-state index in [0.29, 0.717) is 0 Å². The van der Waals surface area contributed by atoms with Crippen molar-refractivity contribution in [2.45, 2.75) is 0 Å². The van der Waals surface area contributed by atoms with Crippen molar-refractivity contribution in [2.75, 3.05) is 4.90 Å². The summed E-state index contributed by atoms with van der Waals surface area (Å²) in [5, 5.41) is 9.61. The SMILES string of the molecule is c1ccc(-c2cccc(N(c3ccc(-c4cccc5oc6c7ccccc7ccc6c45)cc3)c3ccc4c(ccc5ccccc54)c3)c2)cc1. The fourth-order valence-electron chi connectivity index (χ4n) is 7.63. The van der Waals surface area contributed by atoms with E-state index in [1.807, 2.05) is 0 Å². The van der Waals surface area contributed by atoms with Gasteiger partial charge in [0.05, 0.1) is 0 Å². The summed E-state index contributed by atoms with van der Waals surface area (Å²) in [5.74, 6) is 0. The van der Waals surface area contributed by atoms with E-state index in [0.717, 1.165) is 50.0 Å². The van der Waals surface area contributed by atoms with Crippen LogP contribution in [0.25, 0.3) is 76.5 Å². The third kappa shape index (κ3) is 4.65. The van der Waals surface area contributed by atoms with Crippen LogP contribution in [0.2, 0.25) is 0 Å². The molecule has 9 aromatic carbocycles. The Morgan fingerprint density at radius 1 is 0.340 bits per heavy atom. The van der Waals surface area contributed by atoms with Crippen LogP contribution >= 0.6 is 0 Å². The Bertz CT molecular complexity index is 2870. The van der Waals surface area contributed by atoms with Crippen LogP contribution in [0.4, 0.5) is 17.1 Å². The molecule has 0 fully saturated rings. The molecular weight excluding hydrogens is 607 g/mol. The zero-order valence-corrected chi connectivity index (χ0v) is 27.3. The minimum atomic E-state index is 0.904. The molecule has 0 amide bonds. The summed E-state index contributed by atoms with van der Waals surface area (Å²) >= 11 is 0. The molecule has 0 aliphatic rings. The number of nitrogens with zero attached hydrogens (tertiary/aromatic N) is 1. The van der Waals surface area contributed by atoms with Gasteiger partial charge in [0, 0.05) is 33.2 Å². The molecule has 0 bridgehead atoms. The van der Waals surface area contributed by atoms with Crippen LogP contribution in [-0.4, -0.2) is 0 Å². The first-order chi connectivity index (χ1) is 24.8. The molecule has 0 saturated heterocycles. The minimum Gasteiger partial charge on any atom is -0.455 e. The Morgan fingerprint density at radius 3 is 1.82 bits per heavy atom. The van der Waals surface area contributed by atoms with Crippen molar-refractivity contribution in [3.05, 3.63) is 188 Å². The van der Waals surface area contributed by atoms with E-state index in [-0.39, 0.29) is 0 Å². The number of hydrogen-bond donors (Lipinski definition) is 0. The lowest BCUT2D eigenvalue weighted by Gasteiger charge is -2.27. The van der Waals surface area contributed by atoms with Crippen molar-refractivity contribution in [1.82, 2.24) is 0 Å². The van der Waals surface area contributed by atoms with Crippen molar-refractivity contribution in [1.29, 1.82) is 0 Å². The molecule has 0 radical (unpaired) electrons. The lowest BCUT2D eigenvalue weighted by atomic mass is 9.97. The monoisotopic (exact) mass is 637 g/mol. The molecule has 0 atom stereocenters. The van der Waals surface area contributed by atoms with Gasteiger partial charge in [0.15, 0.2) is 0 Å². The van der Waals surface area contributed by atoms with Crippen LogP contribution in [0.1, 0.15) is 0 Å². The smallest absolute Gasteiger partial charge is 0.143 e. The van der Waals surface area contributed by atoms with Crippen molar-refractivity contribution < 1.29 is 4.42 Å². The summed E-state index contributed by atoms with van der Waals surface area (Å²) in [4.78, 5) is 2.37. The van der Waals surface area contributed by atoms with Gasteiger partial charge < -0.3 is 9.32 Å². The Balaban J connectivity index is 1.12. The van der Waals surface area contributed by atoms with Gasteiger partial charge >= 0.3 is 0 Å². The van der Waals surface area contributed by atoms with E-state index < -0.39 is 0 Å². The minimum absolute atomic E-state index is 0.904. The number of rotatable bonds is 5. The number of fused-ring (bicyclic) bond motifs is 8. The lowest BCUT2D eigenvalue weighted by Crippen LogP contribution is -2.10. The fourth-order valence-corrected chi connectivity index (χ4v) is 7.63. The van der Waals surface area contributed by atoms with Crippen LogP contribution in [0.15, 0.2) is 192 Å². The first-order valence-corrected chi connectivity index (χ1v) is 17.1. The standard InChI is InChI=1S/C48H31NO/c1-2-10-32(11-3-1)36-14-8-15-39(30-36)49(40-27-29-42-37(31-40)21-20-33-12-4-6-16-41(33)42)38-25-22-35(23-26-38)43-18-9-19-46-47(43)45-28-24-34-13-5-7-17-44(34)48(45)50-46/h1-31H. The maximum Gasteiger partial charge on any atom is 0.143 e. The van der Waals surface area contributed by atoms with Crippen molar-refractivity contribution in [3.8, 4) is 22.3 Å². The maximum absolute atomic E-state index is 6.51. The molecule has 0 spiro atoms. The van der Waals surface area contributed by atoms with Gasteiger partial charge in [-0.05, 0) is 97.7 Å². The Labute approximate surface area is 290 Å². The fraction of sp³-hybridized carbons (Fsp3) is 0. The van der Waals surface area contributed by atoms with Gasteiger partial charge in [0.25, 0.3) is 0 Å². The number of furan rings is 1. The third-order valence-corrected chi connectivity index (χ3v) is 10.0. The average Bonchev–Trinajstić information content (AvgIpc) is 3.58. The van der Waals surface area contributed by atoms with E-state index in [2.05, 4.69) is 193 Å². The van der Waals surface area contributed by atoms with Crippen molar-refractivity contribution >= 4 is 71.3 Å². The van der Waals surface area contributed by atoms with Crippen LogP contribution in [0, 0.1) is 0 Å². The molecule has 10 rings (SSSR count). The summed E-state index contributed by atoms with van der Waals surface area (Å²) in [7, 11) is 0. The number of hydrogen-bond acceptors (Lipinski definition) is 2. The highest BCUT2D eigenvalue weighted by molar-refractivity contribution is 6.19. The zero-order chi connectivity index (χ0) is 33.0. The summed E-state index contributed by atoms with van der Waals surface area (Å²) < 4.78 is 6.51. The van der Waals surface area contributed by atoms with Crippen LogP contribution in [-0.2, 0) is 0 Å². The van der Waals surface area contributed by atoms with Crippen molar-refractivity contribution in [2.24, 2.45) is 0 Å². The van der Waals surface area contributed by atoms with E-state index in [9.17, 15) is 0 Å². The first kappa shape index (κ1) is 28.4. The summed E-state index contributed by atoms with van der Waals surface area (Å²) in [5.41, 5.74) is 9.85. The quantitative estimate of drug-likeness (QED) is 0.175. The van der Waals surface area contributed by atoms with E-state index in [1.165, 1.54) is 43.6 Å². The third-order valence-electron chi connectivity index (χ3n) is 10.0. The van der Waals surface area contributed by atoms with Gasteiger partial charge in [-0.25, -0.2) is 0 Å². The van der Waals surface area contributed by atoms with Crippen LogP contribution in [0.5, 0.6) is 0 Å². The molecule has 234 valence electrons. The highest BCUT2D eigenvalue weighted by atomic mass is 16.3. The average molecular weight is 638 g/mol. The predicted octanol–water partition coefficient (Wildman–Crippen LogP) is 13.8. The Hall–Kier alpha value is -6.64. The molecule has 10 aromatic rings. The molecule has 0 N–H and O–H groups in total. The second-order valence-corrected chi connectivity index (χ2v) is 12.9. The van der Waals surface area contributed by atoms with Gasteiger partial charge in [-0.2, -0.15) is 0 Å². The molecule has 2 heteroatoms. The van der Waals surface area contributed by atoms with E-state index >= 15 is 0 Å². The maximum atomic E-state index is 6.51. The normalized spacial score (nSPS) is 11.6. The Morgan fingerprint density at radius 2 is 0.960 bits per heavy atom. The molecule has 0 saturated carbocycles. The highest BCUT2D eigenvalue weighted by Crippen LogP contribution is 2.42. The lowest BCUT2D eigenvalue weighted by molar-refractivity contribution is 0.673. The summed E-state index contributed by atoms with van der Waals surface area (Å²) in [6, 6.07) is 67.5. The number of anilines is 3. The molecule has 50 heavy (non-hydrogen) atoms. The van der Waals surface area contributed by atoms with Crippen LogP contribution < -0.4 is 4.90 Å². The summed E-state index contributed by atoms with van der Waals surface area (Å²) in [6.07, 6.45) is 0. The molecule has 0 aliphatic carbocycles. The number of benzene rings is 9. The van der Waals surface area contributed by atoms with E-state index in [4.69, 9.17) is 4.42 Å². The molecule has 0 unspecified atom stereocenters. The molecule has 2 nitrogen and oxygen atoms in total. The Kier molecular flexibility index (Phi) is 6.53. The topological polar surface area (TPSA) is 16.4 Å². The van der Waals surface area contributed by atoms with Gasteiger partial charge in [-0.1, -0.05) is 140 Å². The first-order valence-electron chi connectivity index (χ1n) is 17.1.